The van der Waals surface area contributed by atoms with Gasteiger partial charge in [0.2, 0.25) is 0 Å². The van der Waals surface area contributed by atoms with E-state index in [9.17, 15) is 0 Å². The van der Waals surface area contributed by atoms with Crippen molar-refractivity contribution in [3.8, 4) is 5.75 Å². The molecule has 0 saturated heterocycles. The molecular formula is C10H15NOS. The maximum atomic E-state index is 5.61. The molecule has 0 aliphatic heterocycles. The summed E-state index contributed by atoms with van der Waals surface area (Å²) in [6.07, 6.45) is 0. The Kier molecular flexibility index (Phi) is 3.48. The van der Waals surface area contributed by atoms with Crippen LogP contribution in [0, 0.1) is 5.92 Å². The van der Waals surface area contributed by atoms with Crippen LogP contribution in [0.5, 0.6) is 5.75 Å². The first-order chi connectivity index (χ1) is 6.09. The Labute approximate surface area is 84.5 Å². The second-order valence-electron chi connectivity index (χ2n) is 3.43. The van der Waals surface area contributed by atoms with E-state index in [1.165, 1.54) is 0 Å². The summed E-state index contributed by atoms with van der Waals surface area (Å²) in [5.74, 6) is 1.36. The first-order valence-electron chi connectivity index (χ1n) is 4.31. The van der Waals surface area contributed by atoms with Crippen LogP contribution in [0.2, 0.25) is 0 Å². The first kappa shape index (κ1) is 10.3. The fourth-order valence-corrected chi connectivity index (χ4v) is 1.08. The molecule has 0 saturated carbocycles. The van der Waals surface area contributed by atoms with Gasteiger partial charge in [0, 0.05) is 10.6 Å². The van der Waals surface area contributed by atoms with E-state index < -0.39 is 0 Å². The van der Waals surface area contributed by atoms with Crippen LogP contribution in [-0.4, -0.2) is 6.61 Å². The maximum absolute atomic E-state index is 5.61. The molecule has 0 fully saturated rings. The average Bonchev–Trinajstić information content (AvgIpc) is 2.07. The van der Waals surface area contributed by atoms with Crippen molar-refractivity contribution < 1.29 is 4.74 Å². The monoisotopic (exact) mass is 197 g/mol. The first-order valence-corrected chi connectivity index (χ1v) is 4.75. The van der Waals surface area contributed by atoms with E-state index in [4.69, 9.17) is 10.5 Å². The molecule has 1 aromatic rings. The third-order valence-corrected chi connectivity index (χ3v) is 1.97. The fraction of sp³-hybridized carbons (Fsp3) is 0.400. The predicted octanol–water partition coefficient (Wildman–Crippen LogP) is 2.59. The van der Waals surface area contributed by atoms with Gasteiger partial charge in [-0.15, -0.1) is 12.6 Å². The number of nitrogen functional groups attached to an aromatic ring is 1. The molecule has 0 aliphatic carbocycles. The minimum absolute atomic E-state index is 0.529. The van der Waals surface area contributed by atoms with Gasteiger partial charge in [0.15, 0.2) is 0 Å². The van der Waals surface area contributed by atoms with Crippen molar-refractivity contribution in [1.82, 2.24) is 0 Å². The molecule has 0 aliphatic rings. The van der Waals surface area contributed by atoms with Gasteiger partial charge in [-0.3, -0.25) is 0 Å². The summed E-state index contributed by atoms with van der Waals surface area (Å²) >= 11 is 4.21. The van der Waals surface area contributed by atoms with Gasteiger partial charge in [-0.05, 0) is 24.1 Å². The summed E-state index contributed by atoms with van der Waals surface area (Å²) < 4.78 is 5.50. The van der Waals surface area contributed by atoms with E-state index in [0.29, 0.717) is 11.6 Å². The molecule has 0 unspecified atom stereocenters. The highest BCUT2D eigenvalue weighted by molar-refractivity contribution is 7.80. The van der Waals surface area contributed by atoms with Crippen LogP contribution in [0.4, 0.5) is 5.69 Å². The molecule has 1 aromatic carbocycles. The SMILES string of the molecule is CC(C)COc1ccc(N)c(S)c1. The minimum Gasteiger partial charge on any atom is -0.493 e. The Morgan fingerprint density at radius 2 is 2.15 bits per heavy atom. The summed E-state index contributed by atoms with van der Waals surface area (Å²) in [7, 11) is 0. The smallest absolute Gasteiger partial charge is 0.120 e. The number of hydrogen-bond donors (Lipinski definition) is 2. The van der Waals surface area contributed by atoms with Crippen LogP contribution in [0.15, 0.2) is 23.1 Å². The molecule has 0 radical (unpaired) electrons. The summed E-state index contributed by atoms with van der Waals surface area (Å²) in [6, 6.07) is 5.50. The number of rotatable bonds is 3. The number of thiol groups is 1. The van der Waals surface area contributed by atoms with Gasteiger partial charge in [0.25, 0.3) is 0 Å². The van der Waals surface area contributed by atoms with Gasteiger partial charge in [-0.1, -0.05) is 13.8 Å². The number of nitrogens with two attached hydrogens (primary N) is 1. The van der Waals surface area contributed by atoms with Gasteiger partial charge in [0.05, 0.1) is 6.61 Å². The van der Waals surface area contributed by atoms with Crippen molar-refractivity contribution in [1.29, 1.82) is 0 Å². The van der Waals surface area contributed by atoms with Crippen molar-refractivity contribution in [3.63, 3.8) is 0 Å². The normalized spacial score (nSPS) is 10.5. The van der Waals surface area contributed by atoms with Crippen molar-refractivity contribution in [3.05, 3.63) is 18.2 Å². The number of ether oxygens (including phenoxy) is 1. The standard InChI is InChI=1S/C10H15NOS/c1-7(2)6-12-8-3-4-9(11)10(13)5-8/h3-5,7,13H,6,11H2,1-2H3. The Bertz CT molecular complexity index is 286. The summed E-state index contributed by atoms with van der Waals surface area (Å²) in [5.41, 5.74) is 6.29. The lowest BCUT2D eigenvalue weighted by atomic mass is 10.2. The number of benzene rings is 1. The Morgan fingerprint density at radius 1 is 1.46 bits per heavy atom. The van der Waals surface area contributed by atoms with Crippen LogP contribution in [0.1, 0.15) is 13.8 Å². The largest absolute Gasteiger partial charge is 0.493 e. The average molecular weight is 197 g/mol. The fourth-order valence-electron chi connectivity index (χ4n) is 0.876. The molecule has 72 valence electrons. The van der Waals surface area contributed by atoms with E-state index in [-0.39, 0.29) is 0 Å². The highest BCUT2D eigenvalue weighted by atomic mass is 32.1. The molecule has 2 N–H and O–H groups in total. The zero-order valence-electron chi connectivity index (χ0n) is 7.95. The molecular weight excluding hydrogens is 182 g/mol. The third kappa shape index (κ3) is 3.19. The van der Waals surface area contributed by atoms with Crippen LogP contribution in [0.25, 0.3) is 0 Å². The van der Waals surface area contributed by atoms with Crippen molar-refractivity contribution in [2.24, 2.45) is 5.92 Å². The highest BCUT2D eigenvalue weighted by Crippen LogP contribution is 2.22. The van der Waals surface area contributed by atoms with E-state index in [2.05, 4.69) is 26.5 Å². The number of hydrogen-bond acceptors (Lipinski definition) is 3. The zero-order chi connectivity index (χ0) is 9.84. The summed E-state index contributed by atoms with van der Waals surface area (Å²) in [5, 5.41) is 0. The Hall–Kier alpha value is -0.830. The maximum Gasteiger partial charge on any atom is 0.120 e. The van der Waals surface area contributed by atoms with Gasteiger partial charge in [-0.2, -0.15) is 0 Å². The van der Waals surface area contributed by atoms with Crippen LogP contribution in [0.3, 0.4) is 0 Å². The highest BCUT2D eigenvalue weighted by Gasteiger charge is 1.99. The van der Waals surface area contributed by atoms with Crippen LogP contribution < -0.4 is 10.5 Å². The molecule has 3 heteroatoms. The Morgan fingerprint density at radius 3 is 2.69 bits per heavy atom. The second-order valence-corrected chi connectivity index (χ2v) is 3.91. The predicted molar refractivity (Wildman–Crippen MR) is 58.4 cm³/mol. The molecule has 0 spiro atoms. The van der Waals surface area contributed by atoms with Crippen molar-refractivity contribution in [2.45, 2.75) is 18.7 Å². The lowest BCUT2D eigenvalue weighted by Gasteiger charge is -2.09. The molecule has 0 atom stereocenters. The van der Waals surface area contributed by atoms with Crippen LogP contribution in [-0.2, 0) is 0 Å². The molecule has 0 bridgehead atoms. The second kappa shape index (κ2) is 4.42. The minimum atomic E-state index is 0.529. The zero-order valence-corrected chi connectivity index (χ0v) is 8.84. The van der Waals surface area contributed by atoms with E-state index in [0.717, 1.165) is 17.3 Å². The van der Waals surface area contributed by atoms with Gasteiger partial charge < -0.3 is 10.5 Å². The summed E-state index contributed by atoms with van der Waals surface area (Å²) in [4.78, 5) is 0.765. The van der Waals surface area contributed by atoms with Gasteiger partial charge in [0.1, 0.15) is 5.75 Å². The van der Waals surface area contributed by atoms with Gasteiger partial charge in [-0.25, -0.2) is 0 Å². The lowest BCUT2D eigenvalue weighted by molar-refractivity contribution is 0.270. The van der Waals surface area contributed by atoms with Crippen LogP contribution >= 0.6 is 12.6 Å². The summed E-state index contributed by atoms with van der Waals surface area (Å²) in [6.45, 7) is 4.94. The number of anilines is 1. The molecule has 0 amide bonds. The third-order valence-electron chi connectivity index (χ3n) is 1.59. The molecule has 13 heavy (non-hydrogen) atoms. The molecule has 0 heterocycles. The van der Waals surface area contributed by atoms with E-state index in [1.807, 2.05) is 12.1 Å². The van der Waals surface area contributed by atoms with E-state index >= 15 is 0 Å². The molecule has 1 rings (SSSR count). The lowest BCUT2D eigenvalue weighted by Crippen LogP contribution is -2.04. The van der Waals surface area contributed by atoms with Crippen molar-refractivity contribution >= 4 is 18.3 Å². The van der Waals surface area contributed by atoms with Gasteiger partial charge >= 0.3 is 0 Å². The molecule has 0 aromatic heterocycles. The quantitative estimate of drug-likeness (QED) is 0.577. The van der Waals surface area contributed by atoms with E-state index in [1.54, 1.807) is 6.07 Å². The van der Waals surface area contributed by atoms with Crippen molar-refractivity contribution in [2.75, 3.05) is 12.3 Å². The molecule has 2 nitrogen and oxygen atoms in total. The Balaban J connectivity index is 2.63. The topological polar surface area (TPSA) is 35.2 Å².